The summed E-state index contributed by atoms with van der Waals surface area (Å²) in [5.41, 5.74) is 1.16. The van der Waals surface area contributed by atoms with Crippen molar-refractivity contribution in [3.8, 4) is 0 Å². The first-order chi connectivity index (χ1) is 3.27. The summed E-state index contributed by atoms with van der Waals surface area (Å²) in [7, 11) is 0. The third-order valence-corrected chi connectivity index (χ3v) is 0.608. The Morgan fingerprint density at radius 1 is 1.86 bits per heavy atom. The van der Waals surface area contributed by atoms with Gasteiger partial charge in [0.25, 0.3) is 0 Å². The minimum absolute atomic E-state index is 0.899. The zero-order valence-electron chi connectivity index (χ0n) is 4.99. The molecule has 0 aromatic heterocycles. The molecule has 0 saturated carbocycles. The third-order valence-electron chi connectivity index (χ3n) is 0.608. The highest BCUT2D eigenvalue weighted by atomic mass is 14.7. The van der Waals surface area contributed by atoms with E-state index in [4.69, 9.17) is 0 Å². The molecule has 0 aliphatic carbocycles. The van der Waals surface area contributed by atoms with Gasteiger partial charge < -0.3 is 0 Å². The maximum Gasteiger partial charge on any atom is 0.161 e. The molecule has 0 aromatic rings. The Morgan fingerprint density at radius 3 is 2.57 bits per heavy atom. The lowest BCUT2D eigenvalue weighted by Crippen LogP contribution is -2.68. The molecule has 1 N–H and O–H groups in total. The maximum absolute atomic E-state index is 3.71. The molecule has 1 heteroatoms. The van der Waals surface area contributed by atoms with Crippen LogP contribution >= 0.6 is 0 Å². The van der Waals surface area contributed by atoms with Crippen LogP contribution in [-0.4, -0.2) is 12.8 Å². The monoisotopic (exact) mass is 98.1 g/mol. The molecule has 0 amide bonds. The molecule has 7 heavy (non-hydrogen) atoms. The second kappa shape index (κ2) is 3.59. The Labute approximate surface area is 44.8 Å². The van der Waals surface area contributed by atoms with Gasteiger partial charge >= 0.3 is 0 Å². The minimum Gasteiger partial charge on any atom is -0.248 e. The van der Waals surface area contributed by atoms with Crippen LogP contribution in [0.4, 0.5) is 0 Å². The number of hydrogen-bond acceptors (Lipinski definition) is 0. The van der Waals surface area contributed by atoms with E-state index in [1.165, 1.54) is 0 Å². The molecule has 1 nitrogen and oxygen atoms in total. The summed E-state index contributed by atoms with van der Waals surface area (Å²) in [6, 6.07) is 0. The molecule has 0 aromatic carbocycles. The zero-order chi connectivity index (χ0) is 5.70. The Balaban J connectivity index is 3.14. The van der Waals surface area contributed by atoms with Crippen molar-refractivity contribution in [2.75, 3.05) is 6.54 Å². The van der Waals surface area contributed by atoms with Crippen molar-refractivity contribution >= 4 is 6.21 Å². The van der Waals surface area contributed by atoms with E-state index in [2.05, 4.69) is 11.6 Å². The lowest BCUT2D eigenvalue weighted by molar-refractivity contribution is -0.441. The average Bonchev–Trinajstić information content (AvgIpc) is 1.61. The molecule has 0 saturated heterocycles. The van der Waals surface area contributed by atoms with Crippen molar-refractivity contribution in [2.24, 2.45) is 0 Å². The smallest absolute Gasteiger partial charge is 0.161 e. The first-order valence-electron chi connectivity index (χ1n) is 2.43. The van der Waals surface area contributed by atoms with Gasteiger partial charge in [-0.1, -0.05) is 6.58 Å². The molecule has 0 unspecified atom stereocenters. The van der Waals surface area contributed by atoms with Gasteiger partial charge in [0.1, 0.15) is 6.21 Å². The summed E-state index contributed by atoms with van der Waals surface area (Å²) in [5.74, 6) is 0. The fourth-order valence-corrected chi connectivity index (χ4v) is 0.276. The van der Waals surface area contributed by atoms with E-state index in [0.29, 0.717) is 0 Å². The largest absolute Gasteiger partial charge is 0.248 e. The Kier molecular flexibility index (Phi) is 3.29. The highest BCUT2D eigenvalue weighted by Crippen LogP contribution is 1.72. The van der Waals surface area contributed by atoms with E-state index < -0.39 is 0 Å². The highest BCUT2D eigenvalue weighted by Gasteiger charge is 1.80. The van der Waals surface area contributed by atoms with E-state index >= 15 is 0 Å². The Morgan fingerprint density at radius 2 is 2.43 bits per heavy atom. The van der Waals surface area contributed by atoms with Gasteiger partial charge in [0.15, 0.2) is 6.54 Å². The van der Waals surface area contributed by atoms with Crippen LogP contribution in [0.3, 0.4) is 0 Å². The van der Waals surface area contributed by atoms with E-state index in [0.717, 1.165) is 12.1 Å². The number of rotatable bonds is 2. The topological polar surface area (TPSA) is 14.0 Å². The summed E-state index contributed by atoms with van der Waals surface area (Å²) in [5, 5.41) is 0. The normalized spacial score (nSPS) is 10.0. The van der Waals surface area contributed by atoms with Gasteiger partial charge in [-0.2, -0.15) is 0 Å². The van der Waals surface area contributed by atoms with E-state index in [-0.39, 0.29) is 0 Å². The summed E-state index contributed by atoms with van der Waals surface area (Å²) < 4.78 is 0. The average molecular weight is 98.2 g/mol. The molecule has 40 valence electrons. The van der Waals surface area contributed by atoms with Crippen LogP contribution in [0.15, 0.2) is 12.2 Å². The van der Waals surface area contributed by atoms with E-state index in [9.17, 15) is 0 Å². The number of nitrogens with one attached hydrogen (secondary N) is 1. The molecule has 0 bridgehead atoms. The van der Waals surface area contributed by atoms with Gasteiger partial charge in [-0.15, -0.1) is 0 Å². The minimum atomic E-state index is 0.899. The van der Waals surface area contributed by atoms with Crippen molar-refractivity contribution in [1.29, 1.82) is 0 Å². The highest BCUT2D eigenvalue weighted by molar-refractivity contribution is 5.45. The van der Waals surface area contributed by atoms with Crippen LogP contribution in [0.2, 0.25) is 0 Å². The third kappa shape index (κ3) is 5.41. The fourth-order valence-electron chi connectivity index (χ4n) is 0.276. The summed E-state index contributed by atoms with van der Waals surface area (Å²) in [4.78, 5) is 3.02. The van der Waals surface area contributed by atoms with Crippen molar-refractivity contribution < 1.29 is 4.99 Å². The number of hydrogen-bond donors (Lipinski definition) is 1. The van der Waals surface area contributed by atoms with Gasteiger partial charge in [0.05, 0.1) is 0 Å². The molecule has 0 atom stereocenters. The van der Waals surface area contributed by atoms with Crippen molar-refractivity contribution in [1.82, 2.24) is 0 Å². The lowest BCUT2D eigenvalue weighted by atomic mass is 10.4. The van der Waals surface area contributed by atoms with Gasteiger partial charge in [-0.3, -0.25) is 0 Å². The van der Waals surface area contributed by atoms with E-state index in [1.54, 1.807) is 0 Å². The van der Waals surface area contributed by atoms with Crippen LogP contribution in [0.25, 0.3) is 0 Å². The van der Waals surface area contributed by atoms with Crippen LogP contribution in [-0.2, 0) is 0 Å². The van der Waals surface area contributed by atoms with Crippen LogP contribution in [0.1, 0.15) is 13.8 Å². The van der Waals surface area contributed by atoms with Crippen LogP contribution in [0.5, 0.6) is 0 Å². The molecule has 0 rings (SSSR count). The van der Waals surface area contributed by atoms with Gasteiger partial charge in [0, 0.05) is 6.92 Å². The Bertz CT molecular complexity index is 82.2. The molecule has 0 heterocycles. The van der Waals surface area contributed by atoms with Gasteiger partial charge in [-0.25, -0.2) is 4.99 Å². The first-order valence-corrected chi connectivity index (χ1v) is 2.43. The van der Waals surface area contributed by atoms with Crippen molar-refractivity contribution in [3.05, 3.63) is 12.2 Å². The predicted octanol–water partition coefficient (Wildman–Crippen LogP) is -0.266. The fraction of sp³-hybridized carbons (Fsp3) is 0.500. The lowest BCUT2D eigenvalue weighted by Gasteiger charge is -1.79. The van der Waals surface area contributed by atoms with Crippen LogP contribution < -0.4 is 4.99 Å². The summed E-state index contributed by atoms with van der Waals surface area (Å²) >= 11 is 0. The second-order valence-electron chi connectivity index (χ2n) is 1.63. The van der Waals surface area contributed by atoms with Gasteiger partial charge in [0.2, 0.25) is 0 Å². The first kappa shape index (κ1) is 6.41. The summed E-state index contributed by atoms with van der Waals surface area (Å²) in [6.45, 7) is 8.57. The second-order valence-corrected chi connectivity index (χ2v) is 1.63. The quantitative estimate of drug-likeness (QED) is 0.361. The molecule has 0 fully saturated rings. The standard InChI is InChI=1S/C6H11N/c1-4-7-5-6(2)3/h4H,2,5H2,1,3H3/p+1. The van der Waals surface area contributed by atoms with E-state index in [1.807, 2.05) is 20.1 Å². The molecule has 0 aliphatic rings. The molecule has 0 radical (unpaired) electrons. The van der Waals surface area contributed by atoms with Crippen molar-refractivity contribution in [2.45, 2.75) is 13.8 Å². The summed E-state index contributed by atoms with van der Waals surface area (Å²) in [6.07, 6.45) is 1.91. The molecule has 0 spiro atoms. The maximum atomic E-state index is 3.71. The molecular weight excluding hydrogens is 86.1 g/mol. The van der Waals surface area contributed by atoms with Gasteiger partial charge in [-0.05, 0) is 12.5 Å². The molecule has 0 aliphatic heterocycles. The van der Waals surface area contributed by atoms with Crippen molar-refractivity contribution in [3.63, 3.8) is 0 Å². The predicted molar refractivity (Wildman–Crippen MR) is 32.4 cm³/mol. The SMILES string of the molecule is C=C(C)C[NH+]=CC. The zero-order valence-corrected chi connectivity index (χ0v) is 4.99. The Hall–Kier alpha value is -0.590. The van der Waals surface area contributed by atoms with Crippen LogP contribution in [0, 0.1) is 0 Å². The molecular formula is C6H12N+.